The second-order valence-electron chi connectivity index (χ2n) is 6.94. The third-order valence-electron chi connectivity index (χ3n) is 4.84. The van der Waals surface area contributed by atoms with E-state index in [1.165, 1.54) is 12.1 Å². The summed E-state index contributed by atoms with van der Waals surface area (Å²) in [5, 5.41) is 0. The molecule has 1 heterocycles. The monoisotopic (exact) mass is 400 g/mol. The zero-order valence-corrected chi connectivity index (χ0v) is 15.4. The molecule has 28 heavy (non-hydrogen) atoms. The van der Waals surface area contributed by atoms with Gasteiger partial charge in [-0.3, -0.25) is 0 Å². The largest absolute Gasteiger partial charge is 0.348 e. The molecule has 0 aliphatic carbocycles. The molecule has 0 amide bonds. The van der Waals surface area contributed by atoms with E-state index in [-0.39, 0.29) is 22.6 Å². The van der Waals surface area contributed by atoms with Crippen LogP contribution in [0.5, 0.6) is 0 Å². The van der Waals surface area contributed by atoms with Crippen molar-refractivity contribution in [2.24, 2.45) is 5.92 Å². The predicted octanol–water partition coefficient (Wildman–Crippen LogP) is 6.29. The molecule has 7 heteroatoms. The highest BCUT2D eigenvalue weighted by atomic mass is 19.2. The van der Waals surface area contributed by atoms with Gasteiger partial charge in [0.1, 0.15) is 0 Å². The molecular formula is C21H21F5O2. The van der Waals surface area contributed by atoms with Crippen LogP contribution in [0, 0.1) is 35.0 Å². The number of halogens is 5. The Morgan fingerprint density at radius 3 is 2.11 bits per heavy atom. The summed E-state index contributed by atoms with van der Waals surface area (Å²) in [5.74, 6) is -6.95. The molecule has 2 nitrogen and oxygen atoms in total. The molecule has 0 unspecified atom stereocenters. The predicted molar refractivity (Wildman–Crippen MR) is 93.9 cm³/mol. The summed E-state index contributed by atoms with van der Waals surface area (Å²) in [6, 6.07) is 3.64. The number of benzene rings is 2. The highest BCUT2D eigenvalue weighted by molar-refractivity contribution is 5.65. The molecule has 1 aliphatic heterocycles. The van der Waals surface area contributed by atoms with E-state index in [0.29, 0.717) is 25.3 Å². The lowest BCUT2D eigenvalue weighted by atomic mass is 10.0. The second-order valence-corrected chi connectivity index (χ2v) is 6.94. The Morgan fingerprint density at radius 2 is 1.50 bits per heavy atom. The van der Waals surface area contributed by atoms with E-state index >= 15 is 0 Å². The van der Waals surface area contributed by atoms with Crippen LogP contribution in [0.2, 0.25) is 0 Å². The van der Waals surface area contributed by atoms with Crippen LogP contribution in [0.1, 0.15) is 44.5 Å². The van der Waals surface area contributed by atoms with Gasteiger partial charge in [-0.2, -0.15) is 0 Å². The summed E-state index contributed by atoms with van der Waals surface area (Å²) in [6.07, 6.45) is 3.17. The minimum Gasteiger partial charge on any atom is -0.348 e. The van der Waals surface area contributed by atoms with E-state index in [1.54, 1.807) is 0 Å². The lowest BCUT2D eigenvalue weighted by Gasteiger charge is -2.30. The molecule has 1 fully saturated rings. The fourth-order valence-electron chi connectivity index (χ4n) is 3.25. The maximum absolute atomic E-state index is 14.6. The number of ether oxygens (including phenoxy) is 2. The zero-order chi connectivity index (χ0) is 20.3. The molecule has 2 aromatic rings. The third-order valence-corrected chi connectivity index (χ3v) is 4.84. The van der Waals surface area contributed by atoms with E-state index in [4.69, 9.17) is 9.47 Å². The van der Waals surface area contributed by atoms with Crippen molar-refractivity contribution < 1.29 is 31.4 Å². The van der Waals surface area contributed by atoms with Crippen molar-refractivity contribution in [3.05, 3.63) is 58.9 Å². The fraction of sp³-hybridized carbons (Fsp3) is 0.429. The summed E-state index contributed by atoms with van der Waals surface area (Å²) in [7, 11) is 0. The molecule has 152 valence electrons. The highest BCUT2D eigenvalue weighted by Crippen LogP contribution is 2.34. The third kappa shape index (κ3) is 4.36. The van der Waals surface area contributed by atoms with E-state index in [2.05, 4.69) is 6.92 Å². The molecule has 0 atom stereocenters. The average molecular weight is 400 g/mol. The van der Waals surface area contributed by atoms with Gasteiger partial charge in [-0.15, -0.1) is 0 Å². The van der Waals surface area contributed by atoms with Gasteiger partial charge in [0.15, 0.2) is 35.4 Å². The smallest absolute Gasteiger partial charge is 0.194 e. The first-order chi connectivity index (χ1) is 13.4. The van der Waals surface area contributed by atoms with Gasteiger partial charge in [-0.1, -0.05) is 38.3 Å². The van der Waals surface area contributed by atoms with Crippen molar-refractivity contribution in [3.8, 4) is 11.1 Å². The number of hydrogen-bond acceptors (Lipinski definition) is 2. The first-order valence-corrected chi connectivity index (χ1v) is 9.28. The van der Waals surface area contributed by atoms with Gasteiger partial charge in [-0.25, -0.2) is 22.0 Å². The molecule has 0 aromatic heterocycles. The van der Waals surface area contributed by atoms with Crippen LogP contribution in [0.25, 0.3) is 11.1 Å². The fourth-order valence-corrected chi connectivity index (χ4v) is 3.25. The summed E-state index contributed by atoms with van der Waals surface area (Å²) >= 11 is 0. The zero-order valence-electron chi connectivity index (χ0n) is 15.4. The van der Waals surface area contributed by atoms with Crippen molar-refractivity contribution >= 4 is 0 Å². The Balaban J connectivity index is 1.76. The Hall–Kier alpha value is -1.99. The number of hydrogen-bond donors (Lipinski definition) is 0. The van der Waals surface area contributed by atoms with E-state index in [0.717, 1.165) is 25.7 Å². The molecule has 0 N–H and O–H groups in total. The first-order valence-electron chi connectivity index (χ1n) is 9.28. The van der Waals surface area contributed by atoms with Crippen LogP contribution in [0.15, 0.2) is 24.3 Å². The van der Waals surface area contributed by atoms with Crippen LogP contribution in [-0.4, -0.2) is 13.2 Å². The summed E-state index contributed by atoms with van der Waals surface area (Å²) in [6.45, 7) is 2.87. The Bertz CT molecular complexity index is 809. The second kappa shape index (κ2) is 9.01. The topological polar surface area (TPSA) is 18.5 Å². The number of rotatable bonds is 6. The van der Waals surface area contributed by atoms with Crippen molar-refractivity contribution in [2.75, 3.05) is 13.2 Å². The SMILES string of the molecule is CCCCCC1COC(c2ccc(-c3cc(F)c(F)c(F)c3)c(F)c2F)OC1. The van der Waals surface area contributed by atoms with Crippen LogP contribution in [0.4, 0.5) is 22.0 Å². The maximum atomic E-state index is 14.6. The number of unbranched alkanes of at least 4 members (excludes halogenated alkanes) is 2. The molecule has 0 spiro atoms. The first kappa shape index (κ1) is 20.7. The van der Waals surface area contributed by atoms with Gasteiger partial charge < -0.3 is 9.47 Å². The van der Waals surface area contributed by atoms with Gasteiger partial charge in [0, 0.05) is 17.0 Å². The molecular weight excluding hydrogens is 379 g/mol. The lowest BCUT2D eigenvalue weighted by Crippen LogP contribution is -2.27. The maximum Gasteiger partial charge on any atom is 0.194 e. The Labute approximate surface area is 160 Å². The molecule has 2 aromatic carbocycles. The van der Waals surface area contributed by atoms with E-state index < -0.39 is 35.4 Å². The molecule has 0 bridgehead atoms. The van der Waals surface area contributed by atoms with Crippen LogP contribution < -0.4 is 0 Å². The van der Waals surface area contributed by atoms with Crippen molar-refractivity contribution in [3.63, 3.8) is 0 Å². The Kier molecular flexibility index (Phi) is 6.67. The highest BCUT2D eigenvalue weighted by Gasteiger charge is 2.28. The van der Waals surface area contributed by atoms with Gasteiger partial charge in [-0.05, 0) is 24.1 Å². The average Bonchev–Trinajstić information content (AvgIpc) is 2.69. The van der Waals surface area contributed by atoms with E-state index in [1.807, 2.05) is 0 Å². The molecule has 3 rings (SSSR count). The normalized spacial score (nSPS) is 19.8. The van der Waals surface area contributed by atoms with Gasteiger partial charge in [0.05, 0.1) is 13.2 Å². The van der Waals surface area contributed by atoms with Crippen LogP contribution >= 0.6 is 0 Å². The van der Waals surface area contributed by atoms with Gasteiger partial charge >= 0.3 is 0 Å². The lowest BCUT2D eigenvalue weighted by molar-refractivity contribution is -0.207. The molecule has 0 radical (unpaired) electrons. The van der Waals surface area contributed by atoms with Gasteiger partial charge in [0.2, 0.25) is 0 Å². The van der Waals surface area contributed by atoms with Crippen molar-refractivity contribution in [1.29, 1.82) is 0 Å². The molecule has 1 aliphatic rings. The quantitative estimate of drug-likeness (QED) is 0.322. The molecule has 1 saturated heterocycles. The van der Waals surface area contributed by atoms with Crippen LogP contribution in [0.3, 0.4) is 0 Å². The standard InChI is InChI=1S/C21H21F5O2/c1-2-3-4-5-12-10-27-21(28-11-12)15-7-6-14(18(24)19(15)25)13-8-16(22)20(26)17(23)9-13/h6-9,12,21H,2-5,10-11H2,1H3. The van der Waals surface area contributed by atoms with Crippen molar-refractivity contribution in [2.45, 2.75) is 38.9 Å². The van der Waals surface area contributed by atoms with E-state index in [9.17, 15) is 22.0 Å². The summed E-state index contributed by atoms with van der Waals surface area (Å²) in [5.41, 5.74) is -0.815. The van der Waals surface area contributed by atoms with Gasteiger partial charge in [0.25, 0.3) is 0 Å². The Morgan fingerprint density at radius 1 is 0.857 bits per heavy atom. The molecule has 0 saturated carbocycles. The summed E-state index contributed by atoms with van der Waals surface area (Å²) < 4.78 is 80.1. The minimum atomic E-state index is -1.67. The van der Waals surface area contributed by atoms with Crippen LogP contribution in [-0.2, 0) is 9.47 Å². The van der Waals surface area contributed by atoms with Crippen molar-refractivity contribution in [1.82, 2.24) is 0 Å². The summed E-state index contributed by atoms with van der Waals surface area (Å²) in [4.78, 5) is 0. The minimum absolute atomic E-state index is 0.128.